The number of halogens is 1. The number of rotatable bonds is 6. The monoisotopic (exact) mass is 390 g/mol. The molecule has 0 amide bonds. The lowest BCUT2D eigenvalue weighted by molar-refractivity contribution is -0.140. The van der Waals surface area contributed by atoms with Crippen LogP contribution >= 0.6 is 0 Å². The Bertz CT molecular complexity index is 1050. The van der Waals surface area contributed by atoms with Gasteiger partial charge in [0.1, 0.15) is 12.4 Å². The standard InChI is InChI=1S/C25H23FO3/c1-16(2)25(28)29-15-22-12-20(7-4-17(22)3)21-10-11-23(24(26)13-21)19-8-5-18(14-27)6-9-19/h4-13,27H,1,14-15H2,2-3H3. The van der Waals surface area contributed by atoms with E-state index in [4.69, 9.17) is 9.84 Å². The van der Waals surface area contributed by atoms with Gasteiger partial charge in [0.05, 0.1) is 6.61 Å². The SMILES string of the molecule is C=C(C)C(=O)OCc1cc(-c2ccc(-c3ccc(CO)cc3)c(F)c2)ccc1C. The van der Waals surface area contributed by atoms with E-state index < -0.39 is 5.97 Å². The van der Waals surface area contributed by atoms with E-state index in [1.54, 1.807) is 37.3 Å². The van der Waals surface area contributed by atoms with Gasteiger partial charge in [-0.15, -0.1) is 0 Å². The highest BCUT2D eigenvalue weighted by Gasteiger charge is 2.10. The molecule has 0 bridgehead atoms. The van der Waals surface area contributed by atoms with Gasteiger partial charge in [0.2, 0.25) is 0 Å². The second kappa shape index (κ2) is 8.84. The highest BCUT2D eigenvalue weighted by atomic mass is 19.1. The van der Waals surface area contributed by atoms with Gasteiger partial charge in [-0.3, -0.25) is 0 Å². The fourth-order valence-electron chi connectivity index (χ4n) is 2.99. The van der Waals surface area contributed by atoms with Crippen molar-refractivity contribution in [1.82, 2.24) is 0 Å². The summed E-state index contributed by atoms with van der Waals surface area (Å²) in [6, 6.07) is 18.0. The number of aryl methyl sites for hydroxylation is 1. The minimum absolute atomic E-state index is 0.0425. The van der Waals surface area contributed by atoms with E-state index in [0.717, 1.165) is 33.4 Å². The first-order chi connectivity index (χ1) is 13.9. The van der Waals surface area contributed by atoms with Gasteiger partial charge in [-0.1, -0.05) is 55.1 Å². The Labute approximate surface area is 170 Å². The third-order valence-corrected chi connectivity index (χ3v) is 4.81. The van der Waals surface area contributed by atoms with Crippen LogP contribution in [-0.2, 0) is 22.7 Å². The van der Waals surface area contributed by atoms with Gasteiger partial charge in [-0.2, -0.15) is 0 Å². The second-order valence-corrected chi connectivity index (χ2v) is 7.05. The molecule has 3 nitrogen and oxygen atoms in total. The molecule has 0 aliphatic carbocycles. The maximum atomic E-state index is 14.8. The molecule has 29 heavy (non-hydrogen) atoms. The fourth-order valence-corrected chi connectivity index (χ4v) is 2.99. The zero-order valence-corrected chi connectivity index (χ0v) is 16.5. The van der Waals surface area contributed by atoms with E-state index in [0.29, 0.717) is 11.1 Å². The summed E-state index contributed by atoms with van der Waals surface area (Å²) in [7, 11) is 0. The summed E-state index contributed by atoms with van der Waals surface area (Å²) in [5.41, 5.74) is 5.83. The summed E-state index contributed by atoms with van der Waals surface area (Å²) in [6.07, 6.45) is 0. The number of esters is 1. The van der Waals surface area contributed by atoms with E-state index >= 15 is 0 Å². The third kappa shape index (κ3) is 4.79. The summed E-state index contributed by atoms with van der Waals surface area (Å²) in [6.45, 7) is 7.22. The van der Waals surface area contributed by atoms with Crippen LogP contribution in [0.25, 0.3) is 22.3 Å². The number of benzene rings is 3. The fraction of sp³-hybridized carbons (Fsp3) is 0.160. The number of aliphatic hydroxyl groups is 1. The summed E-state index contributed by atoms with van der Waals surface area (Å²) in [5.74, 6) is -0.757. The lowest BCUT2D eigenvalue weighted by Crippen LogP contribution is -2.05. The topological polar surface area (TPSA) is 46.5 Å². The van der Waals surface area contributed by atoms with Crippen molar-refractivity contribution in [2.75, 3.05) is 0 Å². The molecule has 0 atom stereocenters. The van der Waals surface area contributed by atoms with Crippen molar-refractivity contribution in [2.45, 2.75) is 27.1 Å². The summed E-state index contributed by atoms with van der Waals surface area (Å²) in [4.78, 5) is 11.7. The zero-order chi connectivity index (χ0) is 21.0. The molecule has 0 fully saturated rings. The smallest absolute Gasteiger partial charge is 0.333 e. The highest BCUT2D eigenvalue weighted by Crippen LogP contribution is 2.29. The molecular formula is C25H23FO3. The van der Waals surface area contributed by atoms with Gasteiger partial charge in [0.25, 0.3) is 0 Å². The Morgan fingerprint density at radius 2 is 1.62 bits per heavy atom. The van der Waals surface area contributed by atoms with Gasteiger partial charge < -0.3 is 9.84 Å². The average Bonchev–Trinajstić information content (AvgIpc) is 2.73. The molecule has 4 heteroatoms. The molecule has 3 aromatic carbocycles. The average molecular weight is 390 g/mol. The van der Waals surface area contributed by atoms with Gasteiger partial charge in [0, 0.05) is 11.1 Å². The van der Waals surface area contributed by atoms with Crippen LogP contribution in [0.2, 0.25) is 0 Å². The molecule has 0 saturated heterocycles. The molecule has 148 valence electrons. The lowest BCUT2D eigenvalue weighted by atomic mass is 9.97. The second-order valence-electron chi connectivity index (χ2n) is 7.05. The van der Waals surface area contributed by atoms with Crippen molar-refractivity contribution in [3.8, 4) is 22.3 Å². The van der Waals surface area contributed by atoms with Crippen LogP contribution < -0.4 is 0 Å². The molecule has 0 aromatic heterocycles. The molecule has 0 spiro atoms. The van der Waals surface area contributed by atoms with Crippen LogP contribution in [0.15, 0.2) is 72.8 Å². The van der Waals surface area contributed by atoms with E-state index in [1.807, 2.05) is 31.2 Å². The number of hydrogen-bond acceptors (Lipinski definition) is 3. The van der Waals surface area contributed by atoms with Crippen LogP contribution in [0, 0.1) is 12.7 Å². The van der Waals surface area contributed by atoms with Crippen molar-refractivity contribution in [1.29, 1.82) is 0 Å². The Kier molecular flexibility index (Phi) is 6.25. The number of hydrogen-bond donors (Lipinski definition) is 1. The van der Waals surface area contributed by atoms with Crippen LogP contribution in [-0.4, -0.2) is 11.1 Å². The van der Waals surface area contributed by atoms with Crippen molar-refractivity contribution in [3.63, 3.8) is 0 Å². The molecule has 1 N–H and O–H groups in total. The number of carbonyl (C=O) groups is 1. The lowest BCUT2D eigenvalue weighted by Gasteiger charge is -2.11. The molecule has 0 aliphatic heterocycles. The van der Waals surface area contributed by atoms with Crippen LogP contribution in [0.5, 0.6) is 0 Å². The predicted molar refractivity (Wildman–Crippen MR) is 113 cm³/mol. The van der Waals surface area contributed by atoms with Crippen molar-refractivity contribution < 1.29 is 19.0 Å². The van der Waals surface area contributed by atoms with Crippen LogP contribution in [0.3, 0.4) is 0 Å². The number of aliphatic hydroxyl groups excluding tert-OH is 1. The zero-order valence-electron chi connectivity index (χ0n) is 16.5. The van der Waals surface area contributed by atoms with E-state index in [-0.39, 0.29) is 19.0 Å². The number of carbonyl (C=O) groups excluding carboxylic acids is 1. The maximum Gasteiger partial charge on any atom is 0.333 e. The van der Waals surface area contributed by atoms with Gasteiger partial charge in [-0.05, 0) is 59.4 Å². The Balaban J connectivity index is 1.86. The van der Waals surface area contributed by atoms with E-state index in [9.17, 15) is 9.18 Å². The predicted octanol–water partition coefficient (Wildman–Crippen LogP) is 5.58. The summed E-state index contributed by atoms with van der Waals surface area (Å²) < 4.78 is 20.0. The van der Waals surface area contributed by atoms with Crippen LogP contribution in [0.1, 0.15) is 23.6 Å². The van der Waals surface area contributed by atoms with Crippen molar-refractivity contribution in [3.05, 3.63) is 95.3 Å². The first-order valence-electron chi connectivity index (χ1n) is 9.31. The first kappa shape index (κ1) is 20.5. The third-order valence-electron chi connectivity index (χ3n) is 4.81. The highest BCUT2D eigenvalue weighted by molar-refractivity contribution is 5.87. The van der Waals surface area contributed by atoms with E-state index in [2.05, 4.69) is 6.58 Å². The minimum Gasteiger partial charge on any atom is -0.457 e. The van der Waals surface area contributed by atoms with Gasteiger partial charge in [-0.25, -0.2) is 9.18 Å². The summed E-state index contributed by atoms with van der Waals surface area (Å²) >= 11 is 0. The van der Waals surface area contributed by atoms with Gasteiger partial charge >= 0.3 is 5.97 Å². The van der Waals surface area contributed by atoms with E-state index in [1.165, 1.54) is 6.07 Å². The van der Waals surface area contributed by atoms with Crippen LogP contribution in [0.4, 0.5) is 4.39 Å². The molecule has 0 heterocycles. The number of ether oxygens (including phenoxy) is 1. The molecule has 3 aromatic rings. The summed E-state index contributed by atoms with van der Waals surface area (Å²) in [5, 5.41) is 9.15. The quantitative estimate of drug-likeness (QED) is 0.441. The largest absolute Gasteiger partial charge is 0.457 e. The molecular weight excluding hydrogens is 367 g/mol. The molecule has 0 aliphatic rings. The van der Waals surface area contributed by atoms with Crippen molar-refractivity contribution >= 4 is 5.97 Å². The Morgan fingerprint density at radius 3 is 2.24 bits per heavy atom. The van der Waals surface area contributed by atoms with Crippen molar-refractivity contribution in [2.24, 2.45) is 0 Å². The molecule has 3 rings (SSSR count). The Hall–Kier alpha value is -3.24. The minimum atomic E-state index is -0.433. The maximum absolute atomic E-state index is 14.8. The molecule has 0 saturated carbocycles. The molecule has 0 radical (unpaired) electrons. The molecule has 0 unspecified atom stereocenters. The van der Waals surface area contributed by atoms with Gasteiger partial charge in [0.15, 0.2) is 0 Å². The normalized spacial score (nSPS) is 10.6. The Morgan fingerprint density at radius 1 is 1.00 bits per heavy atom. The first-order valence-corrected chi connectivity index (χ1v) is 9.31.